The highest BCUT2D eigenvalue weighted by Gasteiger charge is 2.54. The van der Waals surface area contributed by atoms with Gasteiger partial charge in [-0.2, -0.15) is 0 Å². The largest absolute Gasteiger partial charge is 0.477 e. The van der Waals surface area contributed by atoms with Crippen molar-refractivity contribution >= 4 is 47.0 Å². The lowest BCUT2D eigenvalue weighted by Crippen LogP contribution is -2.71. The summed E-state index contributed by atoms with van der Waals surface area (Å²) in [5.41, 5.74) is -0.195. The number of aliphatic carboxylic acids is 1. The van der Waals surface area contributed by atoms with E-state index in [4.69, 9.17) is 4.74 Å². The van der Waals surface area contributed by atoms with Gasteiger partial charge in [0.1, 0.15) is 11.4 Å². The monoisotopic (exact) mass is 411 g/mol. The van der Waals surface area contributed by atoms with Gasteiger partial charge in [0.05, 0.1) is 18.7 Å². The van der Waals surface area contributed by atoms with Gasteiger partial charge in [0.25, 0.3) is 5.91 Å². The number of alkyl carbamates (subject to hydrolysis) is 1. The minimum Gasteiger partial charge on any atom is -0.477 e. The van der Waals surface area contributed by atoms with Gasteiger partial charge in [-0.3, -0.25) is 19.8 Å². The summed E-state index contributed by atoms with van der Waals surface area (Å²) >= 11 is 2.71. The first-order valence-electron chi connectivity index (χ1n) is 8.09. The van der Waals surface area contributed by atoms with Crippen molar-refractivity contribution in [2.24, 2.45) is 0 Å². The molecule has 2 aliphatic heterocycles. The number of carbonyl (C=O) groups is 4. The number of carboxylic acid groups (broad SMARTS) is 1. The van der Waals surface area contributed by atoms with E-state index in [0.717, 1.165) is 9.78 Å². The number of nitrogens with one attached hydrogen (secondary N) is 2. The molecule has 3 N–H and O–H groups in total. The van der Waals surface area contributed by atoms with E-state index in [0.29, 0.717) is 0 Å². The molecule has 27 heavy (non-hydrogen) atoms. The molecular formula is C16H17N3O6S2. The molecule has 1 saturated heterocycles. The van der Waals surface area contributed by atoms with Gasteiger partial charge in [-0.05, 0) is 18.4 Å². The van der Waals surface area contributed by atoms with Crippen molar-refractivity contribution in [1.82, 2.24) is 15.5 Å². The van der Waals surface area contributed by atoms with Crippen LogP contribution >= 0.6 is 23.1 Å². The van der Waals surface area contributed by atoms with E-state index in [1.165, 1.54) is 23.1 Å². The fourth-order valence-electron chi connectivity index (χ4n) is 2.80. The lowest BCUT2D eigenvalue weighted by atomic mass is 10.0. The predicted molar refractivity (Wildman–Crippen MR) is 97.9 cm³/mol. The maximum Gasteiger partial charge on any atom is 0.411 e. The Kier molecular flexibility index (Phi) is 5.71. The standard InChI is InChI=1S/C16H17N3O6S2/c1-2-25-16(24)17-9-7-27-14-11(13(21)19(14)12(9)15(22)23)18-10(20)6-8-4-3-5-26-8/h3-5,11,14H,2,6-7H2,1H3,(H,17,24)(H,18,20)(H,22,23)/t11?,14-/m0/s1. The van der Waals surface area contributed by atoms with Gasteiger partial charge >= 0.3 is 12.1 Å². The molecule has 2 atom stereocenters. The molecule has 3 amide bonds. The van der Waals surface area contributed by atoms with Crippen molar-refractivity contribution < 1.29 is 29.0 Å². The Balaban J connectivity index is 1.70. The second-order valence-electron chi connectivity index (χ2n) is 5.69. The van der Waals surface area contributed by atoms with Gasteiger partial charge in [-0.25, -0.2) is 9.59 Å². The summed E-state index contributed by atoms with van der Waals surface area (Å²) in [5.74, 6) is -1.98. The second-order valence-corrected chi connectivity index (χ2v) is 7.83. The van der Waals surface area contributed by atoms with Crippen LogP contribution in [0.5, 0.6) is 0 Å². The number of hydrogen-bond acceptors (Lipinski definition) is 7. The highest BCUT2D eigenvalue weighted by atomic mass is 32.2. The molecule has 0 spiro atoms. The number of hydrogen-bond donors (Lipinski definition) is 3. The zero-order valence-electron chi connectivity index (χ0n) is 14.3. The lowest BCUT2D eigenvalue weighted by molar-refractivity contribution is -0.150. The summed E-state index contributed by atoms with van der Waals surface area (Å²) < 4.78 is 4.76. The highest BCUT2D eigenvalue weighted by molar-refractivity contribution is 8.00. The second kappa shape index (κ2) is 8.01. The molecule has 1 aromatic heterocycles. The van der Waals surface area contributed by atoms with Crippen LogP contribution < -0.4 is 10.6 Å². The molecule has 0 radical (unpaired) electrons. The number of ether oxygens (including phenoxy) is 1. The van der Waals surface area contributed by atoms with Crippen LogP contribution in [0.2, 0.25) is 0 Å². The van der Waals surface area contributed by atoms with Crippen LogP contribution in [0.25, 0.3) is 0 Å². The molecule has 9 nitrogen and oxygen atoms in total. The SMILES string of the molecule is CCOC(=O)NC1=C(C(=O)O)N2C(=O)C(NC(=O)Cc3cccs3)[C@@H]2SC1. The quantitative estimate of drug-likeness (QED) is 0.590. The number of carboxylic acids is 1. The fraction of sp³-hybridized carbons (Fsp3) is 0.375. The first kappa shape index (κ1) is 19.2. The Labute approximate surface area is 162 Å². The molecule has 2 aliphatic rings. The molecular weight excluding hydrogens is 394 g/mol. The average Bonchev–Trinajstić information content (AvgIpc) is 3.12. The Morgan fingerprint density at radius 2 is 2.19 bits per heavy atom. The molecule has 144 valence electrons. The summed E-state index contributed by atoms with van der Waals surface area (Å²) in [6.45, 7) is 1.76. The smallest absolute Gasteiger partial charge is 0.411 e. The molecule has 3 rings (SSSR count). The third-order valence-electron chi connectivity index (χ3n) is 3.93. The zero-order valence-corrected chi connectivity index (χ0v) is 15.9. The first-order valence-corrected chi connectivity index (χ1v) is 10.0. The molecule has 3 heterocycles. The van der Waals surface area contributed by atoms with Gasteiger partial charge in [0, 0.05) is 10.6 Å². The number of β-lactam (4-membered cyclic amide) rings is 1. The normalized spacial score (nSPS) is 21.2. The molecule has 1 unspecified atom stereocenters. The Hall–Kier alpha value is -2.53. The minimum absolute atomic E-state index is 0.0962. The number of carbonyl (C=O) groups excluding carboxylic acids is 3. The lowest BCUT2D eigenvalue weighted by Gasteiger charge is -2.49. The van der Waals surface area contributed by atoms with E-state index in [2.05, 4.69) is 10.6 Å². The third-order valence-corrected chi connectivity index (χ3v) is 6.09. The maximum absolute atomic E-state index is 12.5. The highest BCUT2D eigenvalue weighted by Crippen LogP contribution is 2.39. The van der Waals surface area contributed by atoms with E-state index in [-0.39, 0.29) is 36.1 Å². The minimum atomic E-state index is -1.33. The maximum atomic E-state index is 12.5. The molecule has 0 saturated carbocycles. The summed E-state index contributed by atoms with van der Waals surface area (Å²) in [7, 11) is 0. The number of thioether (sulfide) groups is 1. The Bertz CT molecular complexity index is 807. The average molecular weight is 411 g/mol. The summed E-state index contributed by atoms with van der Waals surface area (Å²) in [6.07, 6.45) is -0.616. The van der Waals surface area contributed by atoms with Crippen LogP contribution in [0.1, 0.15) is 11.8 Å². The van der Waals surface area contributed by atoms with Crippen molar-refractivity contribution in [3.05, 3.63) is 33.8 Å². The number of fused-ring (bicyclic) bond motifs is 1. The first-order chi connectivity index (χ1) is 12.9. The van der Waals surface area contributed by atoms with Crippen LogP contribution in [0.4, 0.5) is 4.79 Å². The number of nitrogens with zero attached hydrogens (tertiary/aromatic N) is 1. The molecule has 1 fully saturated rings. The number of amides is 3. The number of thiophene rings is 1. The van der Waals surface area contributed by atoms with Crippen LogP contribution in [0.3, 0.4) is 0 Å². The predicted octanol–water partition coefficient (Wildman–Crippen LogP) is 0.733. The van der Waals surface area contributed by atoms with E-state index in [9.17, 15) is 24.3 Å². The summed E-state index contributed by atoms with van der Waals surface area (Å²) in [6, 6.07) is 2.87. The fourth-order valence-corrected chi connectivity index (χ4v) is 4.79. The molecule has 11 heteroatoms. The van der Waals surface area contributed by atoms with Crippen LogP contribution in [-0.2, 0) is 25.5 Å². The Morgan fingerprint density at radius 1 is 1.41 bits per heavy atom. The molecule has 0 aromatic carbocycles. The van der Waals surface area contributed by atoms with E-state index < -0.39 is 29.4 Å². The van der Waals surface area contributed by atoms with E-state index >= 15 is 0 Å². The molecule has 1 aromatic rings. The van der Waals surface area contributed by atoms with Crippen molar-refractivity contribution in [1.29, 1.82) is 0 Å². The van der Waals surface area contributed by atoms with Crippen LogP contribution in [0.15, 0.2) is 28.9 Å². The number of rotatable bonds is 6. The van der Waals surface area contributed by atoms with Gasteiger partial charge in [0.2, 0.25) is 5.91 Å². The van der Waals surface area contributed by atoms with Crippen molar-refractivity contribution in [2.75, 3.05) is 12.4 Å². The topological polar surface area (TPSA) is 125 Å². The summed E-state index contributed by atoms with van der Waals surface area (Å²) in [5, 5.41) is 15.9. The van der Waals surface area contributed by atoms with Gasteiger partial charge < -0.3 is 15.2 Å². The Morgan fingerprint density at radius 3 is 2.81 bits per heavy atom. The van der Waals surface area contributed by atoms with Gasteiger partial charge in [-0.1, -0.05) is 6.07 Å². The van der Waals surface area contributed by atoms with Gasteiger partial charge in [0.15, 0.2) is 5.70 Å². The van der Waals surface area contributed by atoms with Gasteiger partial charge in [-0.15, -0.1) is 23.1 Å². The molecule has 0 bridgehead atoms. The van der Waals surface area contributed by atoms with Crippen molar-refractivity contribution in [3.63, 3.8) is 0 Å². The van der Waals surface area contributed by atoms with Crippen molar-refractivity contribution in [2.45, 2.75) is 24.8 Å². The molecule has 0 aliphatic carbocycles. The van der Waals surface area contributed by atoms with Crippen molar-refractivity contribution in [3.8, 4) is 0 Å². The van der Waals surface area contributed by atoms with Crippen LogP contribution in [0, 0.1) is 0 Å². The summed E-state index contributed by atoms with van der Waals surface area (Å²) in [4.78, 5) is 49.8. The van der Waals surface area contributed by atoms with Crippen LogP contribution in [-0.4, -0.2) is 57.7 Å². The third kappa shape index (κ3) is 3.93. The van der Waals surface area contributed by atoms with E-state index in [1.807, 2.05) is 17.5 Å². The zero-order chi connectivity index (χ0) is 19.6. The van der Waals surface area contributed by atoms with E-state index in [1.54, 1.807) is 6.92 Å².